The Hall–Kier alpha value is -2.34. The van der Waals surface area contributed by atoms with Crippen LogP contribution in [0.4, 0.5) is 10.1 Å². The maximum Gasteiger partial charge on any atom is 0.316 e. The van der Waals surface area contributed by atoms with Gasteiger partial charge in [0, 0.05) is 16.6 Å². The van der Waals surface area contributed by atoms with Crippen molar-refractivity contribution in [2.75, 3.05) is 17.3 Å². The summed E-state index contributed by atoms with van der Waals surface area (Å²) in [6, 6.07) is 13.7. The van der Waals surface area contributed by atoms with E-state index in [4.69, 9.17) is 4.74 Å². The van der Waals surface area contributed by atoms with Crippen molar-refractivity contribution in [3.8, 4) is 0 Å². The van der Waals surface area contributed by atoms with Crippen LogP contribution in [0, 0.1) is 5.82 Å². The topological polar surface area (TPSA) is 46.6 Å². The molecule has 25 heavy (non-hydrogen) atoms. The molecule has 0 aromatic heterocycles. The van der Waals surface area contributed by atoms with Crippen molar-refractivity contribution in [2.24, 2.45) is 0 Å². The Kier molecular flexibility index (Phi) is 5.38. The Bertz CT molecular complexity index is 778. The summed E-state index contributed by atoms with van der Waals surface area (Å²) < 4.78 is 17.9. The van der Waals surface area contributed by atoms with E-state index < -0.39 is 5.97 Å². The van der Waals surface area contributed by atoms with Gasteiger partial charge in [-0.1, -0.05) is 18.2 Å². The lowest BCUT2D eigenvalue weighted by atomic mass is 10.1. The molecule has 3 rings (SSSR count). The standard InChI is InChI=1S/C19H18FNO3S/c1-13-10-14-4-2-3-5-17(14)21(13)18(22)11-24-19(23)12-25-16-8-6-15(20)7-9-16/h2-9,13H,10-12H2,1H3/t13-/m1/s1. The molecule has 0 saturated carbocycles. The van der Waals surface area contributed by atoms with Gasteiger partial charge in [0.25, 0.3) is 5.91 Å². The molecule has 2 aromatic carbocycles. The number of halogens is 1. The number of anilines is 1. The molecule has 0 aliphatic carbocycles. The van der Waals surface area contributed by atoms with Crippen molar-refractivity contribution in [2.45, 2.75) is 24.3 Å². The van der Waals surface area contributed by atoms with E-state index in [1.165, 1.54) is 23.9 Å². The predicted molar refractivity (Wildman–Crippen MR) is 95.2 cm³/mol. The molecule has 1 amide bonds. The van der Waals surface area contributed by atoms with E-state index in [2.05, 4.69) is 0 Å². The summed E-state index contributed by atoms with van der Waals surface area (Å²) in [6.45, 7) is 1.70. The molecule has 0 bridgehead atoms. The zero-order valence-electron chi connectivity index (χ0n) is 13.8. The first kappa shape index (κ1) is 17.5. The Morgan fingerprint density at radius 2 is 1.92 bits per heavy atom. The number of esters is 1. The number of nitrogens with zero attached hydrogens (tertiary/aromatic N) is 1. The molecule has 1 heterocycles. The number of thioether (sulfide) groups is 1. The number of hydrogen-bond acceptors (Lipinski definition) is 4. The van der Waals surface area contributed by atoms with Crippen molar-refractivity contribution >= 4 is 29.3 Å². The molecule has 4 nitrogen and oxygen atoms in total. The number of carbonyl (C=O) groups is 2. The minimum absolute atomic E-state index is 0.0530. The van der Waals surface area contributed by atoms with Gasteiger partial charge in [-0.2, -0.15) is 0 Å². The second kappa shape index (κ2) is 7.70. The average Bonchev–Trinajstić information content (AvgIpc) is 2.95. The van der Waals surface area contributed by atoms with E-state index in [0.29, 0.717) is 0 Å². The van der Waals surface area contributed by atoms with Crippen molar-refractivity contribution in [3.05, 3.63) is 59.9 Å². The van der Waals surface area contributed by atoms with E-state index >= 15 is 0 Å². The van der Waals surface area contributed by atoms with Gasteiger partial charge in [0.2, 0.25) is 0 Å². The predicted octanol–water partition coefficient (Wildman–Crippen LogP) is 3.44. The highest BCUT2D eigenvalue weighted by Gasteiger charge is 2.30. The van der Waals surface area contributed by atoms with E-state index in [1.807, 2.05) is 31.2 Å². The summed E-state index contributed by atoms with van der Waals surface area (Å²) in [5, 5.41) is 0. The number of hydrogen-bond donors (Lipinski definition) is 0. The largest absolute Gasteiger partial charge is 0.455 e. The third kappa shape index (κ3) is 4.20. The lowest BCUT2D eigenvalue weighted by molar-refractivity contribution is -0.145. The molecule has 0 radical (unpaired) electrons. The highest BCUT2D eigenvalue weighted by atomic mass is 32.2. The number of carbonyl (C=O) groups excluding carboxylic acids is 2. The molecular formula is C19H18FNO3S. The first-order valence-corrected chi connectivity index (χ1v) is 8.97. The molecule has 1 aliphatic heterocycles. The third-order valence-corrected chi connectivity index (χ3v) is 4.99. The van der Waals surface area contributed by atoms with Crippen molar-refractivity contribution in [3.63, 3.8) is 0 Å². The van der Waals surface area contributed by atoms with E-state index in [1.54, 1.807) is 17.0 Å². The number of rotatable bonds is 5. The molecule has 1 aliphatic rings. The highest BCUT2D eigenvalue weighted by molar-refractivity contribution is 8.00. The molecule has 1 atom stereocenters. The number of benzene rings is 2. The molecule has 0 fully saturated rings. The van der Waals surface area contributed by atoms with Gasteiger partial charge < -0.3 is 9.64 Å². The van der Waals surface area contributed by atoms with Crippen LogP contribution in [0.15, 0.2) is 53.4 Å². The Labute approximate surface area is 150 Å². The molecule has 0 spiro atoms. The fourth-order valence-electron chi connectivity index (χ4n) is 2.87. The smallest absolute Gasteiger partial charge is 0.316 e. The Balaban J connectivity index is 1.50. The van der Waals surface area contributed by atoms with Crippen LogP contribution in [-0.4, -0.2) is 30.3 Å². The van der Waals surface area contributed by atoms with Crippen molar-refractivity contribution in [1.29, 1.82) is 0 Å². The minimum Gasteiger partial charge on any atom is -0.455 e. The molecule has 0 saturated heterocycles. The Morgan fingerprint density at radius 1 is 1.20 bits per heavy atom. The monoisotopic (exact) mass is 359 g/mol. The second-order valence-corrected chi connectivity index (χ2v) is 6.90. The first-order valence-electron chi connectivity index (χ1n) is 7.98. The van der Waals surface area contributed by atoms with Crippen LogP contribution in [0.1, 0.15) is 12.5 Å². The molecule has 130 valence electrons. The summed E-state index contributed by atoms with van der Waals surface area (Å²) in [5.41, 5.74) is 2.01. The van der Waals surface area contributed by atoms with Crippen LogP contribution >= 0.6 is 11.8 Å². The van der Waals surface area contributed by atoms with Gasteiger partial charge in [-0.15, -0.1) is 11.8 Å². The third-order valence-electron chi connectivity index (χ3n) is 4.00. The molecule has 2 aromatic rings. The first-order chi connectivity index (χ1) is 12.0. The quantitative estimate of drug-likeness (QED) is 0.606. The number of amides is 1. The fraction of sp³-hybridized carbons (Fsp3) is 0.263. The second-order valence-electron chi connectivity index (χ2n) is 5.85. The normalized spacial score (nSPS) is 15.8. The molecule has 0 N–H and O–H groups in total. The number of fused-ring (bicyclic) bond motifs is 1. The number of ether oxygens (including phenoxy) is 1. The maximum absolute atomic E-state index is 12.8. The zero-order chi connectivity index (χ0) is 17.8. The number of para-hydroxylation sites is 1. The zero-order valence-corrected chi connectivity index (χ0v) is 14.6. The van der Waals surface area contributed by atoms with Gasteiger partial charge >= 0.3 is 5.97 Å². The SMILES string of the molecule is C[C@@H]1Cc2ccccc2N1C(=O)COC(=O)CSc1ccc(F)cc1. The lowest BCUT2D eigenvalue weighted by Crippen LogP contribution is -2.38. The van der Waals surface area contributed by atoms with Gasteiger partial charge in [-0.3, -0.25) is 9.59 Å². The van der Waals surface area contributed by atoms with Gasteiger partial charge in [0.15, 0.2) is 6.61 Å². The molecule has 6 heteroatoms. The van der Waals surface area contributed by atoms with Crippen LogP contribution in [0.5, 0.6) is 0 Å². The highest BCUT2D eigenvalue weighted by Crippen LogP contribution is 2.31. The van der Waals surface area contributed by atoms with Crippen molar-refractivity contribution < 1.29 is 18.7 Å². The van der Waals surface area contributed by atoms with Crippen molar-refractivity contribution in [1.82, 2.24) is 0 Å². The lowest BCUT2D eigenvalue weighted by Gasteiger charge is -2.22. The van der Waals surface area contributed by atoms with Crippen LogP contribution in [-0.2, 0) is 20.7 Å². The van der Waals surface area contributed by atoms with Crippen LogP contribution in [0.3, 0.4) is 0 Å². The van der Waals surface area contributed by atoms with Gasteiger partial charge in [-0.05, 0) is 49.2 Å². The van der Waals surface area contributed by atoms with Crippen LogP contribution in [0.2, 0.25) is 0 Å². The minimum atomic E-state index is -0.470. The van der Waals surface area contributed by atoms with Gasteiger partial charge in [0.05, 0.1) is 5.75 Å². The van der Waals surface area contributed by atoms with E-state index in [0.717, 1.165) is 22.6 Å². The van der Waals surface area contributed by atoms with Crippen LogP contribution in [0.25, 0.3) is 0 Å². The van der Waals surface area contributed by atoms with E-state index in [9.17, 15) is 14.0 Å². The summed E-state index contributed by atoms with van der Waals surface area (Å²) in [7, 11) is 0. The van der Waals surface area contributed by atoms with Gasteiger partial charge in [-0.25, -0.2) is 4.39 Å². The summed E-state index contributed by atoms with van der Waals surface area (Å²) >= 11 is 1.24. The molecule has 0 unspecified atom stereocenters. The molecular weight excluding hydrogens is 341 g/mol. The Morgan fingerprint density at radius 3 is 2.68 bits per heavy atom. The summed E-state index contributed by atoms with van der Waals surface area (Å²) in [4.78, 5) is 26.7. The van der Waals surface area contributed by atoms with Crippen LogP contribution < -0.4 is 4.90 Å². The maximum atomic E-state index is 12.8. The fourth-order valence-corrected chi connectivity index (χ4v) is 3.57. The van der Waals surface area contributed by atoms with E-state index in [-0.39, 0.29) is 30.1 Å². The van der Waals surface area contributed by atoms with Gasteiger partial charge in [0.1, 0.15) is 5.82 Å². The average molecular weight is 359 g/mol. The summed E-state index contributed by atoms with van der Waals surface area (Å²) in [6.07, 6.45) is 0.802. The summed E-state index contributed by atoms with van der Waals surface area (Å²) in [5.74, 6) is -0.941.